The van der Waals surface area contributed by atoms with Crippen LogP contribution in [0.25, 0.3) is 16.2 Å². The van der Waals surface area contributed by atoms with E-state index in [4.69, 9.17) is 4.98 Å². The molecule has 23 heavy (non-hydrogen) atoms. The smallest absolute Gasteiger partial charge is 0.194 e. The Balaban J connectivity index is 1.61. The van der Waals surface area contributed by atoms with Crippen LogP contribution in [0.15, 0.2) is 65.4 Å². The molecule has 2 aromatic heterocycles. The van der Waals surface area contributed by atoms with Gasteiger partial charge in [0.1, 0.15) is 0 Å². The molecule has 0 unspecified atom stereocenters. The minimum absolute atomic E-state index is 0.960. The van der Waals surface area contributed by atoms with Crippen molar-refractivity contribution >= 4 is 32.2 Å². The number of hydrogen-bond donors (Lipinski definition) is 0. The van der Waals surface area contributed by atoms with Crippen molar-refractivity contribution in [3.05, 3.63) is 81.4 Å². The number of fused-ring (bicyclic) bond motifs is 1. The monoisotopic (exact) mass is 382 g/mol. The van der Waals surface area contributed by atoms with Crippen molar-refractivity contribution in [3.8, 4) is 11.3 Å². The first-order chi connectivity index (χ1) is 11.2. The minimum atomic E-state index is 0.960. The standard InChI is InChI=1S/C19H15BrN2S/c1-13-2-4-14(5-3-13)10-17-11-22-12-18(21-19(22)23-17)15-6-8-16(20)9-7-15/h2-9,11-12H,10H2,1H3. The second-order valence-corrected chi connectivity index (χ2v) is 7.69. The summed E-state index contributed by atoms with van der Waals surface area (Å²) >= 11 is 5.22. The Morgan fingerprint density at radius 3 is 2.43 bits per heavy atom. The third-order valence-corrected chi connectivity index (χ3v) is 5.37. The van der Waals surface area contributed by atoms with Gasteiger partial charge in [-0.3, -0.25) is 4.40 Å². The molecule has 114 valence electrons. The number of hydrogen-bond acceptors (Lipinski definition) is 2. The van der Waals surface area contributed by atoms with Gasteiger partial charge in [0.15, 0.2) is 4.96 Å². The molecular formula is C19H15BrN2S. The van der Waals surface area contributed by atoms with Gasteiger partial charge in [0.2, 0.25) is 0 Å². The molecule has 2 aromatic carbocycles. The van der Waals surface area contributed by atoms with Crippen molar-refractivity contribution in [2.75, 3.05) is 0 Å². The van der Waals surface area contributed by atoms with Crippen LogP contribution >= 0.6 is 27.3 Å². The highest BCUT2D eigenvalue weighted by atomic mass is 79.9. The van der Waals surface area contributed by atoms with Crippen molar-refractivity contribution < 1.29 is 0 Å². The maximum Gasteiger partial charge on any atom is 0.194 e. The lowest BCUT2D eigenvalue weighted by Crippen LogP contribution is -1.85. The largest absolute Gasteiger partial charge is 0.297 e. The predicted octanol–water partition coefficient (Wildman–Crippen LogP) is 5.72. The first kappa shape index (κ1) is 14.7. The van der Waals surface area contributed by atoms with Crippen LogP contribution < -0.4 is 0 Å². The first-order valence-corrected chi connectivity index (χ1v) is 9.07. The molecule has 0 aliphatic rings. The Bertz CT molecular complexity index is 918. The summed E-state index contributed by atoms with van der Waals surface area (Å²) in [7, 11) is 0. The van der Waals surface area contributed by atoms with Gasteiger partial charge in [-0.15, -0.1) is 11.3 Å². The topological polar surface area (TPSA) is 17.3 Å². The van der Waals surface area contributed by atoms with Crippen molar-refractivity contribution in [2.24, 2.45) is 0 Å². The summed E-state index contributed by atoms with van der Waals surface area (Å²) < 4.78 is 3.22. The third-order valence-electron chi connectivity index (χ3n) is 3.84. The Morgan fingerprint density at radius 1 is 1.00 bits per heavy atom. The zero-order chi connectivity index (χ0) is 15.8. The van der Waals surface area contributed by atoms with Crippen LogP contribution in [0.4, 0.5) is 0 Å². The highest BCUT2D eigenvalue weighted by molar-refractivity contribution is 9.10. The molecule has 0 bridgehead atoms. The van der Waals surface area contributed by atoms with E-state index in [1.54, 1.807) is 11.3 Å². The molecule has 0 saturated carbocycles. The quantitative estimate of drug-likeness (QED) is 0.442. The molecule has 4 aromatic rings. The van der Waals surface area contributed by atoms with Gasteiger partial charge in [-0.05, 0) is 24.6 Å². The number of rotatable bonds is 3. The van der Waals surface area contributed by atoms with Crippen LogP contribution in [0.5, 0.6) is 0 Å². The normalized spacial score (nSPS) is 11.2. The number of aromatic nitrogens is 2. The third kappa shape index (κ3) is 3.09. The number of thiazole rings is 1. The number of imidazole rings is 1. The summed E-state index contributed by atoms with van der Waals surface area (Å²) in [4.78, 5) is 7.13. The van der Waals surface area contributed by atoms with Crippen LogP contribution in [0.3, 0.4) is 0 Å². The van der Waals surface area contributed by atoms with Crippen LogP contribution in [0.2, 0.25) is 0 Å². The lowest BCUT2D eigenvalue weighted by Gasteiger charge is -1.99. The molecule has 0 aliphatic heterocycles. The Kier molecular flexibility index (Phi) is 3.79. The van der Waals surface area contributed by atoms with Gasteiger partial charge >= 0.3 is 0 Å². The highest BCUT2D eigenvalue weighted by Gasteiger charge is 2.08. The molecule has 0 radical (unpaired) electrons. The second-order valence-electron chi connectivity index (χ2n) is 5.68. The van der Waals surface area contributed by atoms with Crippen molar-refractivity contribution in [2.45, 2.75) is 13.3 Å². The van der Waals surface area contributed by atoms with E-state index < -0.39 is 0 Å². The molecule has 4 rings (SSSR count). The van der Waals surface area contributed by atoms with Crippen LogP contribution in [-0.2, 0) is 6.42 Å². The van der Waals surface area contributed by atoms with Gasteiger partial charge in [-0.25, -0.2) is 4.98 Å². The van der Waals surface area contributed by atoms with Gasteiger partial charge in [-0.1, -0.05) is 57.9 Å². The molecular weight excluding hydrogens is 368 g/mol. The highest BCUT2D eigenvalue weighted by Crippen LogP contribution is 2.26. The van der Waals surface area contributed by atoms with E-state index >= 15 is 0 Å². The zero-order valence-corrected chi connectivity index (χ0v) is 15.1. The summed E-state index contributed by atoms with van der Waals surface area (Å²) in [6.07, 6.45) is 5.25. The number of nitrogens with zero attached hydrogens (tertiary/aromatic N) is 2. The molecule has 4 heteroatoms. The summed E-state index contributed by atoms with van der Waals surface area (Å²) in [6, 6.07) is 17.0. The summed E-state index contributed by atoms with van der Waals surface area (Å²) in [6.45, 7) is 2.12. The van der Waals surface area contributed by atoms with E-state index in [2.05, 4.69) is 76.0 Å². The fraction of sp³-hybridized carbons (Fsp3) is 0.105. The van der Waals surface area contributed by atoms with E-state index in [9.17, 15) is 0 Å². The van der Waals surface area contributed by atoms with E-state index in [-0.39, 0.29) is 0 Å². The molecule has 0 saturated heterocycles. The van der Waals surface area contributed by atoms with Crippen molar-refractivity contribution in [1.29, 1.82) is 0 Å². The maximum absolute atomic E-state index is 4.76. The van der Waals surface area contributed by atoms with Crippen molar-refractivity contribution in [3.63, 3.8) is 0 Å². The molecule has 2 heterocycles. The van der Waals surface area contributed by atoms with Crippen LogP contribution in [-0.4, -0.2) is 9.38 Å². The van der Waals surface area contributed by atoms with Crippen LogP contribution in [0, 0.1) is 6.92 Å². The van der Waals surface area contributed by atoms with E-state index in [0.29, 0.717) is 0 Å². The van der Waals surface area contributed by atoms with Crippen LogP contribution in [0.1, 0.15) is 16.0 Å². The van der Waals surface area contributed by atoms with Crippen molar-refractivity contribution in [1.82, 2.24) is 9.38 Å². The Hall–Kier alpha value is -1.91. The molecule has 0 amide bonds. The fourth-order valence-electron chi connectivity index (χ4n) is 2.59. The average molecular weight is 383 g/mol. The molecule has 0 fully saturated rings. The number of aryl methyl sites for hydroxylation is 1. The zero-order valence-electron chi connectivity index (χ0n) is 12.7. The lowest BCUT2D eigenvalue weighted by atomic mass is 10.1. The van der Waals surface area contributed by atoms with Gasteiger partial charge in [0.05, 0.1) is 5.69 Å². The maximum atomic E-state index is 4.76. The molecule has 0 aliphatic carbocycles. The Labute approximate surface area is 147 Å². The number of benzene rings is 2. The summed E-state index contributed by atoms with van der Waals surface area (Å²) in [5.41, 5.74) is 4.80. The molecule has 0 atom stereocenters. The van der Waals surface area contributed by atoms with Gasteiger partial charge in [-0.2, -0.15) is 0 Å². The molecule has 0 N–H and O–H groups in total. The van der Waals surface area contributed by atoms with Gasteiger partial charge in [0.25, 0.3) is 0 Å². The van der Waals surface area contributed by atoms with Gasteiger partial charge < -0.3 is 0 Å². The second kappa shape index (κ2) is 5.95. The summed E-state index contributed by atoms with van der Waals surface area (Å²) in [5.74, 6) is 0. The summed E-state index contributed by atoms with van der Waals surface area (Å²) in [5, 5.41) is 0. The minimum Gasteiger partial charge on any atom is -0.297 e. The molecule has 2 nitrogen and oxygen atoms in total. The van der Waals surface area contributed by atoms with E-state index in [1.165, 1.54) is 16.0 Å². The van der Waals surface area contributed by atoms with Gasteiger partial charge in [0, 0.05) is 33.7 Å². The fourth-order valence-corrected chi connectivity index (χ4v) is 3.85. The predicted molar refractivity (Wildman–Crippen MR) is 100 cm³/mol. The average Bonchev–Trinajstić information content (AvgIpc) is 3.09. The number of halogens is 1. The van der Waals surface area contributed by atoms with E-state index in [1.807, 2.05) is 12.1 Å². The van der Waals surface area contributed by atoms with E-state index in [0.717, 1.165) is 27.1 Å². The molecule has 0 spiro atoms. The lowest BCUT2D eigenvalue weighted by molar-refractivity contribution is 1.16. The Morgan fingerprint density at radius 2 is 1.74 bits per heavy atom. The first-order valence-electron chi connectivity index (χ1n) is 7.46. The SMILES string of the molecule is Cc1ccc(Cc2cn3cc(-c4ccc(Br)cc4)nc3s2)cc1.